The smallest absolute Gasteiger partial charge is 0.270 e. The molecule has 0 aliphatic rings. The van der Waals surface area contributed by atoms with Crippen molar-refractivity contribution in [2.75, 3.05) is 4.90 Å². The summed E-state index contributed by atoms with van der Waals surface area (Å²) >= 11 is 0. The van der Waals surface area contributed by atoms with Crippen molar-refractivity contribution in [2.45, 2.75) is 52.7 Å². The van der Waals surface area contributed by atoms with Crippen molar-refractivity contribution < 1.29 is 4.79 Å². The number of hydrogen-bond donors (Lipinski definition) is 1. The molecule has 0 bridgehead atoms. The van der Waals surface area contributed by atoms with Gasteiger partial charge in [-0.05, 0) is 46.2 Å². The van der Waals surface area contributed by atoms with E-state index < -0.39 is 0 Å². The first-order chi connectivity index (χ1) is 11.3. The van der Waals surface area contributed by atoms with Gasteiger partial charge < -0.3 is 10.2 Å². The molecule has 128 valence electrons. The predicted molar refractivity (Wildman–Crippen MR) is 97.0 cm³/mol. The summed E-state index contributed by atoms with van der Waals surface area (Å²) in [6.45, 7) is 10.7. The van der Waals surface area contributed by atoms with Crippen LogP contribution in [0.25, 0.3) is 0 Å². The predicted octanol–water partition coefficient (Wildman–Crippen LogP) is 3.42. The molecule has 0 aliphatic carbocycles. The van der Waals surface area contributed by atoms with Gasteiger partial charge in [0.1, 0.15) is 5.69 Å². The second kappa shape index (κ2) is 7.43. The van der Waals surface area contributed by atoms with Gasteiger partial charge >= 0.3 is 0 Å². The lowest BCUT2D eigenvalue weighted by molar-refractivity contribution is 0.0914. The van der Waals surface area contributed by atoms with E-state index >= 15 is 0 Å². The van der Waals surface area contributed by atoms with E-state index in [4.69, 9.17) is 0 Å². The fourth-order valence-electron chi connectivity index (χ4n) is 2.28. The Hall–Kier alpha value is -2.43. The highest BCUT2D eigenvalue weighted by molar-refractivity contribution is 5.92. The molecule has 1 N–H and O–H groups in total. The maximum atomic E-state index is 12.3. The first-order valence-electron chi connectivity index (χ1n) is 8.22. The van der Waals surface area contributed by atoms with E-state index in [2.05, 4.69) is 46.2 Å². The first-order valence-corrected chi connectivity index (χ1v) is 8.22. The van der Waals surface area contributed by atoms with Crippen molar-refractivity contribution in [3.8, 4) is 0 Å². The molecular weight excluding hydrogens is 300 g/mol. The quantitative estimate of drug-likeness (QED) is 0.914. The van der Waals surface area contributed by atoms with E-state index in [-0.39, 0.29) is 17.5 Å². The summed E-state index contributed by atoms with van der Waals surface area (Å²) in [6.07, 6.45) is 1.64. The average molecular weight is 326 g/mol. The zero-order valence-corrected chi connectivity index (χ0v) is 15.1. The number of carbonyl (C=O) groups excluding carboxylic acids is 1. The maximum Gasteiger partial charge on any atom is 0.270 e. The van der Waals surface area contributed by atoms with Crippen LogP contribution >= 0.6 is 0 Å². The van der Waals surface area contributed by atoms with Crippen molar-refractivity contribution in [3.05, 3.63) is 53.9 Å². The van der Waals surface area contributed by atoms with E-state index in [0.717, 1.165) is 0 Å². The van der Waals surface area contributed by atoms with Gasteiger partial charge in [0.25, 0.3) is 5.91 Å². The van der Waals surface area contributed by atoms with Gasteiger partial charge in [0.2, 0.25) is 5.95 Å². The number of amides is 1. The summed E-state index contributed by atoms with van der Waals surface area (Å²) in [5.74, 6) is 0.380. The number of hydrogen-bond acceptors (Lipinski definition) is 4. The Labute approximate surface area is 144 Å². The Balaban J connectivity index is 2.25. The lowest BCUT2D eigenvalue weighted by Gasteiger charge is -2.27. The molecule has 0 radical (unpaired) electrons. The Bertz CT molecular complexity index is 677. The van der Waals surface area contributed by atoms with Crippen LogP contribution in [-0.4, -0.2) is 27.5 Å². The van der Waals surface area contributed by atoms with E-state index in [1.165, 1.54) is 5.56 Å². The number of carbonyl (C=O) groups is 1. The van der Waals surface area contributed by atoms with Gasteiger partial charge in [0, 0.05) is 24.3 Å². The third-order valence-corrected chi connectivity index (χ3v) is 3.44. The minimum absolute atomic E-state index is 0.186. The Morgan fingerprint density at radius 3 is 2.42 bits per heavy atom. The van der Waals surface area contributed by atoms with Crippen LogP contribution < -0.4 is 10.2 Å². The normalized spacial score (nSPS) is 11.4. The van der Waals surface area contributed by atoms with E-state index in [9.17, 15) is 4.79 Å². The molecule has 5 nitrogen and oxygen atoms in total. The second-order valence-corrected chi connectivity index (χ2v) is 7.15. The molecule has 1 aromatic heterocycles. The van der Waals surface area contributed by atoms with Crippen LogP contribution in [0.3, 0.4) is 0 Å². The number of nitrogens with zero attached hydrogens (tertiary/aromatic N) is 3. The van der Waals surface area contributed by atoms with Gasteiger partial charge in [-0.15, -0.1) is 0 Å². The molecule has 2 aromatic rings. The Morgan fingerprint density at radius 2 is 1.83 bits per heavy atom. The van der Waals surface area contributed by atoms with Crippen molar-refractivity contribution in [1.82, 2.24) is 15.3 Å². The van der Waals surface area contributed by atoms with Crippen molar-refractivity contribution in [3.63, 3.8) is 0 Å². The van der Waals surface area contributed by atoms with E-state index in [1.807, 2.05) is 39.0 Å². The molecule has 0 saturated carbocycles. The minimum Gasteiger partial charge on any atom is -0.346 e. The number of anilines is 1. The molecule has 0 spiro atoms. The van der Waals surface area contributed by atoms with Gasteiger partial charge in [-0.25, -0.2) is 9.97 Å². The molecule has 0 fully saturated rings. The van der Waals surface area contributed by atoms with Gasteiger partial charge in [0.05, 0.1) is 0 Å². The third kappa shape index (κ3) is 5.05. The fourth-order valence-corrected chi connectivity index (χ4v) is 2.28. The van der Waals surface area contributed by atoms with Gasteiger partial charge in [-0.3, -0.25) is 4.79 Å². The lowest BCUT2D eigenvalue weighted by Crippen LogP contribution is -2.41. The molecule has 0 atom stereocenters. The summed E-state index contributed by atoms with van der Waals surface area (Å²) in [5.41, 5.74) is 1.26. The Kier molecular flexibility index (Phi) is 5.54. The molecule has 0 unspecified atom stereocenters. The molecule has 1 heterocycles. The zero-order valence-electron chi connectivity index (χ0n) is 15.1. The summed E-state index contributed by atoms with van der Waals surface area (Å²) in [7, 11) is 0. The van der Waals surface area contributed by atoms with Crippen LogP contribution in [0.15, 0.2) is 42.6 Å². The molecule has 0 saturated heterocycles. The lowest BCUT2D eigenvalue weighted by atomic mass is 10.1. The highest BCUT2D eigenvalue weighted by atomic mass is 16.2. The fraction of sp³-hybridized carbons (Fsp3) is 0.421. The van der Waals surface area contributed by atoms with Gasteiger partial charge in [-0.2, -0.15) is 0 Å². The number of aromatic nitrogens is 2. The summed E-state index contributed by atoms with van der Waals surface area (Å²) < 4.78 is 0. The number of nitrogens with one attached hydrogen (secondary N) is 1. The number of benzene rings is 1. The largest absolute Gasteiger partial charge is 0.346 e. The molecule has 24 heavy (non-hydrogen) atoms. The molecule has 2 rings (SSSR count). The molecule has 0 aliphatic heterocycles. The topological polar surface area (TPSA) is 58.1 Å². The minimum atomic E-state index is -0.302. The highest BCUT2D eigenvalue weighted by Gasteiger charge is 2.19. The summed E-state index contributed by atoms with van der Waals surface area (Å²) in [6, 6.07) is 12.0. The van der Waals surface area contributed by atoms with Crippen LogP contribution in [0.4, 0.5) is 5.95 Å². The molecule has 1 amide bonds. The molecule has 5 heteroatoms. The van der Waals surface area contributed by atoms with Crippen molar-refractivity contribution in [2.24, 2.45) is 0 Å². The zero-order chi connectivity index (χ0) is 17.7. The number of rotatable bonds is 5. The third-order valence-electron chi connectivity index (χ3n) is 3.44. The van der Waals surface area contributed by atoms with E-state index in [1.54, 1.807) is 12.3 Å². The summed E-state index contributed by atoms with van der Waals surface area (Å²) in [5, 5.41) is 2.93. The van der Waals surface area contributed by atoms with E-state index in [0.29, 0.717) is 18.2 Å². The average Bonchev–Trinajstić information content (AvgIpc) is 2.52. The Morgan fingerprint density at radius 1 is 1.17 bits per heavy atom. The van der Waals surface area contributed by atoms with Crippen LogP contribution in [-0.2, 0) is 6.54 Å². The van der Waals surface area contributed by atoms with Crippen LogP contribution in [0.1, 0.15) is 50.7 Å². The van der Waals surface area contributed by atoms with Crippen LogP contribution in [0, 0.1) is 0 Å². The first kappa shape index (κ1) is 17.9. The van der Waals surface area contributed by atoms with Crippen molar-refractivity contribution in [1.29, 1.82) is 0 Å². The highest BCUT2D eigenvalue weighted by Crippen LogP contribution is 2.16. The molecular formula is C19H26N4O. The second-order valence-electron chi connectivity index (χ2n) is 7.15. The molecule has 1 aromatic carbocycles. The van der Waals surface area contributed by atoms with Crippen LogP contribution in [0.2, 0.25) is 0 Å². The van der Waals surface area contributed by atoms with Crippen molar-refractivity contribution >= 4 is 11.9 Å². The van der Waals surface area contributed by atoms with Gasteiger partial charge in [-0.1, -0.05) is 30.3 Å². The maximum absolute atomic E-state index is 12.3. The summed E-state index contributed by atoms with van der Waals surface area (Å²) in [4.78, 5) is 23.3. The van der Waals surface area contributed by atoms with Gasteiger partial charge in [0.15, 0.2) is 0 Å². The van der Waals surface area contributed by atoms with Crippen LogP contribution in [0.5, 0.6) is 0 Å². The SMILES string of the molecule is CC(C)N(Cc1ccccc1)c1nccc(C(=O)NC(C)(C)C)n1. The standard InChI is InChI=1S/C19H26N4O/c1-14(2)23(13-15-9-7-6-8-10-15)18-20-12-11-16(21-18)17(24)22-19(3,4)5/h6-12,14H,13H2,1-5H3,(H,22,24). The monoisotopic (exact) mass is 326 g/mol.